The van der Waals surface area contributed by atoms with Crippen LogP contribution in [0.3, 0.4) is 0 Å². The van der Waals surface area contributed by atoms with Gasteiger partial charge in [0.1, 0.15) is 6.61 Å². The van der Waals surface area contributed by atoms with Gasteiger partial charge in [0.2, 0.25) is 0 Å². The van der Waals surface area contributed by atoms with Gasteiger partial charge >= 0.3 is 6.09 Å². The van der Waals surface area contributed by atoms with E-state index in [0.29, 0.717) is 24.1 Å². The lowest BCUT2D eigenvalue weighted by Gasteiger charge is -2.43. The highest BCUT2D eigenvalue weighted by Crippen LogP contribution is 2.44. The van der Waals surface area contributed by atoms with Crippen LogP contribution in [0.4, 0.5) is 19.3 Å². The van der Waals surface area contributed by atoms with Gasteiger partial charge in [0.05, 0.1) is 10.2 Å². The Labute approximate surface area is 166 Å². The molecule has 1 amide bonds. The Kier molecular flexibility index (Phi) is 5.56. The monoisotopic (exact) mass is 437 g/mol. The summed E-state index contributed by atoms with van der Waals surface area (Å²) in [4.78, 5) is 14.5. The first-order valence-corrected chi connectivity index (χ1v) is 9.65. The fourth-order valence-corrected chi connectivity index (χ4v) is 4.13. The Bertz CT molecular complexity index is 849. The molecule has 1 heterocycles. The van der Waals surface area contributed by atoms with Gasteiger partial charge in [0, 0.05) is 6.04 Å². The molecule has 0 saturated carbocycles. The Morgan fingerprint density at radius 2 is 1.93 bits per heavy atom. The van der Waals surface area contributed by atoms with Crippen molar-refractivity contribution < 1.29 is 18.3 Å². The fraction of sp³-hybridized carbons (Fsp3) is 0.381. The molecule has 0 saturated heterocycles. The summed E-state index contributed by atoms with van der Waals surface area (Å²) in [5.74, 6) is -1.92. The molecule has 0 N–H and O–H groups in total. The van der Waals surface area contributed by atoms with Crippen molar-refractivity contribution in [2.24, 2.45) is 5.41 Å². The van der Waals surface area contributed by atoms with Gasteiger partial charge in [-0.1, -0.05) is 51.1 Å². The van der Waals surface area contributed by atoms with Crippen molar-refractivity contribution in [3.05, 3.63) is 63.6 Å². The maximum atomic E-state index is 14.2. The first kappa shape index (κ1) is 19.8. The molecule has 0 fully saturated rings. The summed E-state index contributed by atoms with van der Waals surface area (Å²) in [7, 11) is 0. The highest BCUT2D eigenvalue weighted by molar-refractivity contribution is 9.10. The van der Waals surface area contributed by atoms with E-state index in [-0.39, 0.29) is 22.5 Å². The van der Waals surface area contributed by atoms with E-state index in [2.05, 4.69) is 15.9 Å². The Hall–Kier alpha value is -1.95. The van der Waals surface area contributed by atoms with Crippen LogP contribution in [-0.4, -0.2) is 12.1 Å². The highest BCUT2D eigenvalue weighted by atomic mass is 79.9. The quantitative estimate of drug-likeness (QED) is 0.520. The van der Waals surface area contributed by atoms with Crippen molar-refractivity contribution in [1.82, 2.24) is 0 Å². The Balaban J connectivity index is 1.98. The number of benzene rings is 2. The van der Waals surface area contributed by atoms with Gasteiger partial charge in [-0.3, -0.25) is 4.90 Å². The number of carbonyl (C=O) groups is 1. The van der Waals surface area contributed by atoms with E-state index in [9.17, 15) is 13.6 Å². The number of ether oxygens (including phenoxy) is 1. The average Bonchev–Trinajstić information content (AvgIpc) is 2.63. The lowest BCUT2D eigenvalue weighted by atomic mass is 9.79. The smallest absolute Gasteiger partial charge is 0.414 e. The zero-order chi connectivity index (χ0) is 19.8. The first-order chi connectivity index (χ1) is 12.7. The molecule has 2 aromatic rings. The molecule has 0 spiro atoms. The van der Waals surface area contributed by atoms with Crippen molar-refractivity contribution >= 4 is 27.7 Å². The van der Waals surface area contributed by atoms with Crippen molar-refractivity contribution in [1.29, 1.82) is 0 Å². The van der Waals surface area contributed by atoms with E-state index in [1.54, 1.807) is 0 Å². The van der Waals surface area contributed by atoms with Gasteiger partial charge in [-0.25, -0.2) is 13.6 Å². The summed E-state index contributed by atoms with van der Waals surface area (Å²) in [6.07, 6.45) is 0.649. The molecule has 1 atom stereocenters. The predicted octanol–water partition coefficient (Wildman–Crippen LogP) is 6.23. The number of carbonyl (C=O) groups excluding carboxylic acids is 1. The van der Waals surface area contributed by atoms with Crippen molar-refractivity contribution in [2.45, 2.75) is 46.3 Å². The molecule has 0 aliphatic carbocycles. The van der Waals surface area contributed by atoms with Crippen LogP contribution < -0.4 is 4.90 Å². The van der Waals surface area contributed by atoms with Gasteiger partial charge in [0.15, 0.2) is 11.6 Å². The van der Waals surface area contributed by atoms with Crippen molar-refractivity contribution in [3.63, 3.8) is 0 Å². The Morgan fingerprint density at radius 1 is 1.26 bits per heavy atom. The number of hydrogen-bond donors (Lipinski definition) is 0. The second-order valence-corrected chi connectivity index (χ2v) is 8.62. The van der Waals surface area contributed by atoms with Crippen LogP contribution in [0.2, 0.25) is 0 Å². The molecule has 144 valence electrons. The third-order valence-corrected chi connectivity index (χ3v) is 5.58. The molecular formula is C21H22BrF2NO2. The SMILES string of the molecule is CC(C)(C)C1CCc2cc(F)c(F)c(Br)c2N1C(=O)OCc1ccccc1. The number of hydrogen-bond acceptors (Lipinski definition) is 2. The molecule has 3 nitrogen and oxygen atoms in total. The number of rotatable bonds is 2. The van der Waals surface area contributed by atoms with E-state index >= 15 is 0 Å². The predicted molar refractivity (Wildman–Crippen MR) is 105 cm³/mol. The molecule has 0 bridgehead atoms. The number of halogens is 3. The molecule has 3 rings (SSSR count). The van der Waals surface area contributed by atoms with Crippen LogP contribution in [0, 0.1) is 17.0 Å². The minimum atomic E-state index is -0.996. The lowest BCUT2D eigenvalue weighted by Crippen LogP contribution is -2.50. The van der Waals surface area contributed by atoms with E-state index in [1.165, 1.54) is 11.0 Å². The van der Waals surface area contributed by atoms with Crippen molar-refractivity contribution in [2.75, 3.05) is 4.90 Å². The van der Waals surface area contributed by atoms with E-state index in [0.717, 1.165) is 5.56 Å². The zero-order valence-corrected chi connectivity index (χ0v) is 17.1. The van der Waals surface area contributed by atoms with Gasteiger partial charge in [-0.2, -0.15) is 0 Å². The molecule has 6 heteroatoms. The second kappa shape index (κ2) is 7.58. The summed E-state index contributed by atoms with van der Waals surface area (Å²) in [6, 6.07) is 10.3. The molecule has 0 radical (unpaired) electrons. The highest BCUT2D eigenvalue weighted by Gasteiger charge is 2.41. The number of aryl methyl sites for hydroxylation is 1. The minimum absolute atomic E-state index is 0.0388. The van der Waals surface area contributed by atoms with E-state index in [4.69, 9.17) is 4.74 Å². The number of fused-ring (bicyclic) bond motifs is 1. The van der Waals surface area contributed by atoms with Gasteiger partial charge < -0.3 is 4.74 Å². The average molecular weight is 438 g/mol. The fourth-order valence-electron chi connectivity index (χ4n) is 3.49. The molecule has 27 heavy (non-hydrogen) atoms. The largest absolute Gasteiger partial charge is 0.444 e. The normalized spacial score (nSPS) is 16.8. The lowest BCUT2D eigenvalue weighted by molar-refractivity contribution is 0.136. The summed E-state index contributed by atoms with van der Waals surface area (Å²) in [6.45, 7) is 6.18. The second-order valence-electron chi connectivity index (χ2n) is 7.82. The third-order valence-electron chi connectivity index (χ3n) is 4.86. The topological polar surface area (TPSA) is 29.5 Å². The number of anilines is 1. The Morgan fingerprint density at radius 3 is 2.56 bits per heavy atom. The summed E-state index contributed by atoms with van der Waals surface area (Å²) >= 11 is 3.15. The van der Waals surface area contributed by atoms with E-state index in [1.807, 2.05) is 51.1 Å². The maximum Gasteiger partial charge on any atom is 0.414 e. The van der Waals surface area contributed by atoms with Crippen LogP contribution in [0.15, 0.2) is 40.9 Å². The third kappa shape index (κ3) is 4.00. The summed E-state index contributed by atoms with van der Waals surface area (Å²) in [5, 5.41) is 0. The zero-order valence-electron chi connectivity index (χ0n) is 15.6. The van der Waals surface area contributed by atoms with E-state index < -0.39 is 17.7 Å². The van der Waals surface area contributed by atoms with Crippen molar-refractivity contribution in [3.8, 4) is 0 Å². The van der Waals surface area contributed by atoms with Crippen LogP contribution >= 0.6 is 15.9 Å². The summed E-state index contributed by atoms with van der Waals surface area (Å²) < 4.78 is 33.6. The number of amides is 1. The van der Waals surface area contributed by atoms with Gasteiger partial charge in [0.25, 0.3) is 0 Å². The number of nitrogens with zero attached hydrogens (tertiary/aromatic N) is 1. The minimum Gasteiger partial charge on any atom is -0.444 e. The van der Waals surface area contributed by atoms with Crippen LogP contribution in [0.25, 0.3) is 0 Å². The molecule has 1 aliphatic rings. The first-order valence-electron chi connectivity index (χ1n) is 8.86. The van der Waals surface area contributed by atoms with Crippen LogP contribution in [0.1, 0.15) is 38.3 Å². The molecule has 2 aromatic carbocycles. The van der Waals surface area contributed by atoms with Crippen LogP contribution in [-0.2, 0) is 17.8 Å². The molecule has 0 aromatic heterocycles. The summed E-state index contributed by atoms with van der Waals surface area (Å²) in [5.41, 5.74) is 1.56. The maximum absolute atomic E-state index is 14.2. The van der Waals surface area contributed by atoms with Gasteiger partial charge in [-0.15, -0.1) is 0 Å². The van der Waals surface area contributed by atoms with Crippen LogP contribution in [0.5, 0.6) is 0 Å². The standard InChI is InChI=1S/C21H22BrF2NO2/c1-21(2,3)16-10-9-14-11-15(23)18(24)17(22)19(14)25(16)20(26)27-12-13-7-5-4-6-8-13/h4-8,11,16H,9-10,12H2,1-3H3. The van der Waals surface area contributed by atoms with Gasteiger partial charge in [-0.05, 0) is 51.4 Å². The molecular weight excluding hydrogens is 416 g/mol. The molecule has 1 aliphatic heterocycles. The molecule has 1 unspecified atom stereocenters.